The number of hydrogen-bond donors (Lipinski definition) is 2. The fourth-order valence-electron chi connectivity index (χ4n) is 1.98. The Bertz CT molecular complexity index is 654. The molecule has 1 aromatic rings. The first-order valence-corrected chi connectivity index (χ1v) is 7.45. The highest BCUT2D eigenvalue weighted by molar-refractivity contribution is 5.80. The summed E-state index contributed by atoms with van der Waals surface area (Å²) in [6.45, 7) is 4.80. The zero-order valence-corrected chi connectivity index (χ0v) is 14.6. The summed E-state index contributed by atoms with van der Waals surface area (Å²) in [6.07, 6.45) is -6.20. The van der Waals surface area contributed by atoms with Gasteiger partial charge < -0.3 is 24.6 Å². The van der Waals surface area contributed by atoms with Gasteiger partial charge in [-0.05, 0) is 39.0 Å². The van der Waals surface area contributed by atoms with Crippen LogP contribution in [0.5, 0.6) is 11.5 Å². The number of ether oxygens (including phenoxy) is 3. The molecule has 0 aliphatic heterocycles. The lowest BCUT2D eigenvalue weighted by molar-refractivity contribution is -0.274. The minimum absolute atomic E-state index is 0.109. The number of amides is 1. The molecule has 1 unspecified atom stereocenters. The van der Waals surface area contributed by atoms with Crippen LogP contribution in [0.3, 0.4) is 0 Å². The quantitative estimate of drug-likeness (QED) is 0.789. The molecule has 0 aromatic heterocycles. The zero-order valence-electron chi connectivity index (χ0n) is 14.6. The summed E-state index contributed by atoms with van der Waals surface area (Å²) in [4.78, 5) is 23.2. The number of aliphatic carboxylic acids is 1. The number of methoxy groups -OCH3 is 1. The maximum absolute atomic E-state index is 12.4. The molecule has 0 bridgehead atoms. The number of halogens is 3. The Morgan fingerprint density at radius 2 is 1.85 bits per heavy atom. The smallest absolute Gasteiger partial charge is 0.496 e. The second-order valence-corrected chi connectivity index (χ2v) is 6.26. The summed E-state index contributed by atoms with van der Waals surface area (Å²) in [7, 11) is 1.28. The number of carbonyl (C=O) groups excluding carboxylic acids is 1. The average Bonchev–Trinajstić information content (AvgIpc) is 2.43. The third-order valence-electron chi connectivity index (χ3n) is 2.90. The number of nitrogens with one attached hydrogen (secondary N) is 1. The van der Waals surface area contributed by atoms with Crippen molar-refractivity contribution in [1.29, 1.82) is 0 Å². The van der Waals surface area contributed by atoms with Gasteiger partial charge in [0.25, 0.3) is 0 Å². The summed E-state index contributed by atoms with van der Waals surface area (Å²) in [5, 5.41) is 11.4. The molecular weight excluding hydrogens is 359 g/mol. The van der Waals surface area contributed by atoms with Crippen molar-refractivity contribution < 1.29 is 42.1 Å². The van der Waals surface area contributed by atoms with E-state index in [1.54, 1.807) is 20.8 Å². The number of alkyl halides is 3. The Morgan fingerprint density at radius 1 is 1.23 bits per heavy atom. The molecule has 7 nitrogen and oxygen atoms in total. The molecule has 146 valence electrons. The van der Waals surface area contributed by atoms with Crippen molar-refractivity contribution >= 4 is 12.1 Å². The minimum atomic E-state index is -4.90. The van der Waals surface area contributed by atoms with E-state index in [1.165, 1.54) is 13.2 Å². The molecule has 0 aliphatic carbocycles. The summed E-state index contributed by atoms with van der Waals surface area (Å²) in [5.74, 6) is -1.77. The van der Waals surface area contributed by atoms with Crippen LogP contribution in [0.4, 0.5) is 18.0 Å². The number of rotatable bonds is 6. The lowest BCUT2D eigenvalue weighted by atomic mass is 10.0. The fraction of sp³-hybridized carbons (Fsp3) is 0.500. The van der Waals surface area contributed by atoms with Crippen LogP contribution >= 0.6 is 0 Å². The van der Waals surface area contributed by atoms with Crippen LogP contribution in [-0.4, -0.2) is 42.3 Å². The van der Waals surface area contributed by atoms with Gasteiger partial charge in [-0.3, -0.25) is 0 Å². The highest BCUT2D eigenvalue weighted by Gasteiger charge is 2.32. The van der Waals surface area contributed by atoms with E-state index in [0.29, 0.717) is 0 Å². The topological polar surface area (TPSA) is 94.1 Å². The van der Waals surface area contributed by atoms with Crippen molar-refractivity contribution in [3.8, 4) is 11.5 Å². The molecule has 0 aliphatic rings. The maximum atomic E-state index is 12.4. The van der Waals surface area contributed by atoms with Crippen molar-refractivity contribution in [2.45, 2.75) is 45.2 Å². The van der Waals surface area contributed by atoms with Crippen molar-refractivity contribution in [2.75, 3.05) is 7.11 Å². The molecule has 0 saturated carbocycles. The molecule has 1 amide bonds. The van der Waals surface area contributed by atoms with Crippen LogP contribution in [-0.2, 0) is 16.0 Å². The molecule has 0 radical (unpaired) electrons. The number of alkyl carbamates (subject to hydrolysis) is 1. The Kier molecular flexibility index (Phi) is 6.71. The molecular formula is C16H20F3NO6. The second-order valence-electron chi connectivity index (χ2n) is 6.26. The first-order chi connectivity index (χ1) is 11.8. The Balaban J connectivity index is 3.01. The largest absolute Gasteiger partial charge is 0.573 e. The van der Waals surface area contributed by atoms with E-state index in [2.05, 4.69) is 10.1 Å². The van der Waals surface area contributed by atoms with Crippen LogP contribution in [0.1, 0.15) is 26.3 Å². The van der Waals surface area contributed by atoms with Gasteiger partial charge in [0.1, 0.15) is 23.1 Å². The van der Waals surface area contributed by atoms with Crippen molar-refractivity contribution in [3.05, 3.63) is 23.8 Å². The molecule has 10 heteroatoms. The number of hydrogen-bond acceptors (Lipinski definition) is 5. The normalized spacial score (nSPS) is 12.9. The Morgan fingerprint density at radius 3 is 2.31 bits per heavy atom. The van der Waals surface area contributed by atoms with Gasteiger partial charge in [0.2, 0.25) is 0 Å². The summed E-state index contributed by atoms with van der Waals surface area (Å²) < 4.78 is 50.9. The standard InChI is InChI=1S/C16H20F3NO6/c1-15(2,3)26-14(23)20-11(13(21)22)8-9-7-10(25-16(17,18)19)5-6-12(9)24-4/h5-7,11H,8H2,1-4H3,(H,20,23)(H,21,22). The van der Waals surface area contributed by atoms with Gasteiger partial charge in [-0.2, -0.15) is 0 Å². The number of carboxylic acid groups (broad SMARTS) is 1. The van der Waals surface area contributed by atoms with Crippen molar-refractivity contribution in [1.82, 2.24) is 5.32 Å². The van der Waals surface area contributed by atoms with E-state index in [0.717, 1.165) is 12.1 Å². The zero-order chi connectivity index (χ0) is 20.1. The lowest BCUT2D eigenvalue weighted by Crippen LogP contribution is -2.44. The molecule has 1 rings (SSSR count). The molecule has 0 heterocycles. The van der Waals surface area contributed by atoms with E-state index in [4.69, 9.17) is 9.47 Å². The molecule has 0 spiro atoms. The van der Waals surface area contributed by atoms with E-state index in [-0.39, 0.29) is 17.7 Å². The van der Waals surface area contributed by atoms with Gasteiger partial charge >= 0.3 is 18.4 Å². The number of carbonyl (C=O) groups is 2. The highest BCUT2D eigenvalue weighted by Crippen LogP contribution is 2.29. The third-order valence-corrected chi connectivity index (χ3v) is 2.90. The van der Waals surface area contributed by atoms with Crippen LogP contribution in [0.2, 0.25) is 0 Å². The van der Waals surface area contributed by atoms with Gasteiger partial charge in [-0.25, -0.2) is 9.59 Å². The van der Waals surface area contributed by atoms with E-state index in [9.17, 15) is 27.9 Å². The minimum Gasteiger partial charge on any atom is -0.496 e. The summed E-state index contributed by atoms with van der Waals surface area (Å²) in [6, 6.07) is 1.80. The van der Waals surface area contributed by atoms with Crippen LogP contribution in [0.25, 0.3) is 0 Å². The molecule has 2 N–H and O–H groups in total. The lowest BCUT2D eigenvalue weighted by Gasteiger charge is -2.22. The Hall–Kier alpha value is -2.65. The number of carboxylic acids is 1. The predicted octanol–water partition coefficient (Wildman–Crippen LogP) is 3.11. The summed E-state index contributed by atoms with van der Waals surface area (Å²) in [5.41, 5.74) is -0.733. The third kappa shape index (κ3) is 7.49. The van der Waals surface area contributed by atoms with E-state index >= 15 is 0 Å². The highest BCUT2D eigenvalue weighted by atomic mass is 19.4. The molecule has 26 heavy (non-hydrogen) atoms. The van der Waals surface area contributed by atoms with Gasteiger partial charge in [-0.15, -0.1) is 13.2 Å². The first-order valence-electron chi connectivity index (χ1n) is 7.45. The van der Waals surface area contributed by atoms with Gasteiger partial charge in [0, 0.05) is 12.0 Å². The van der Waals surface area contributed by atoms with Gasteiger partial charge in [0.05, 0.1) is 7.11 Å². The predicted molar refractivity (Wildman–Crippen MR) is 84.2 cm³/mol. The first kappa shape index (κ1) is 21.4. The Labute approximate surface area is 148 Å². The van der Waals surface area contributed by atoms with Gasteiger partial charge in [0.15, 0.2) is 0 Å². The van der Waals surface area contributed by atoms with Gasteiger partial charge in [-0.1, -0.05) is 0 Å². The maximum Gasteiger partial charge on any atom is 0.573 e. The molecule has 0 saturated heterocycles. The molecule has 1 aromatic carbocycles. The van der Waals surface area contributed by atoms with E-state index in [1.807, 2.05) is 0 Å². The summed E-state index contributed by atoms with van der Waals surface area (Å²) >= 11 is 0. The monoisotopic (exact) mass is 379 g/mol. The van der Waals surface area contributed by atoms with Crippen molar-refractivity contribution in [2.24, 2.45) is 0 Å². The fourth-order valence-corrected chi connectivity index (χ4v) is 1.98. The van der Waals surface area contributed by atoms with Crippen molar-refractivity contribution in [3.63, 3.8) is 0 Å². The van der Waals surface area contributed by atoms with Crippen LogP contribution in [0.15, 0.2) is 18.2 Å². The second kappa shape index (κ2) is 8.15. The van der Waals surface area contributed by atoms with Crippen LogP contribution < -0.4 is 14.8 Å². The average molecular weight is 379 g/mol. The molecule has 0 fully saturated rings. The SMILES string of the molecule is COc1ccc(OC(F)(F)F)cc1CC(NC(=O)OC(C)(C)C)C(=O)O. The molecule has 1 atom stereocenters. The number of benzene rings is 1. The van der Waals surface area contributed by atoms with Crippen LogP contribution in [0, 0.1) is 0 Å². The van der Waals surface area contributed by atoms with E-state index < -0.39 is 35.8 Å².